The van der Waals surface area contributed by atoms with E-state index in [2.05, 4.69) is 5.16 Å². The molecule has 1 heterocycles. The third-order valence-corrected chi connectivity index (χ3v) is 2.36. The number of nitrogens with one attached hydrogen (secondary N) is 1. The predicted molar refractivity (Wildman–Crippen MR) is 56.9 cm³/mol. The van der Waals surface area contributed by atoms with E-state index in [0.29, 0.717) is 17.0 Å². The molecule has 0 radical (unpaired) electrons. The van der Waals surface area contributed by atoms with Crippen LogP contribution in [-0.4, -0.2) is 35.9 Å². The van der Waals surface area contributed by atoms with Gasteiger partial charge in [0.25, 0.3) is 0 Å². The molecule has 2 amide bonds. The first-order valence-electron chi connectivity index (χ1n) is 5.18. The number of hydrogen-bond donors (Lipinski definition) is 1. The lowest BCUT2D eigenvalue weighted by molar-refractivity contribution is -0.123. The number of urea groups is 1. The zero-order valence-electron chi connectivity index (χ0n) is 10.3. The lowest BCUT2D eigenvalue weighted by Crippen LogP contribution is -2.41. The summed E-state index contributed by atoms with van der Waals surface area (Å²) in [4.78, 5) is 12.5. The molecule has 0 fully saturated rings. The van der Waals surface area contributed by atoms with Gasteiger partial charge in [0.2, 0.25) is 0 Å². The first-order valence-corrected chi connectivity index (χ1v) is 5.18. The van der Waals surface area contributed by atoms with E-state index in [4.69, 9.17) is 4.52 Å². The molecule has 1 N–H and O–H groups in total. The Morgan fingerprint density at radius 1 is 1.44 bits per heavy atom. The molecule has 1 aromatic rings. The van der Waals surface area contributed by atoms with Crippen LogP contribution in [0.4, 0.5) is 18.0 Å². The van der Waals surface area contributed by atoms with Gasteiger partial charge in [0, 0.05) is 12.6 Å². The van der Waals surface area contributed by atoms with Gasteiger partial charge in [-0.3, -0.25) is 0 Å². The molecular weight excluding hydrogens is 251 g/mol. The minimum Gasteiger partial charge on any atom is -0.361 e. The first-order chi connectivity index (χ1) is 8.20. The van der Waals surface area contributed by atoms with Crippen LogP contribution >= 0.6 is 0 Å². The molecule has 0 aliphatic carbocycles. The van der Waals surface area contributed by atoms with Gasteiger partial charge in [-0.05, 0) is 13.8 Å². The fourth-order valence-corrected chi connectivity index (χ4v) is 1.35. The topological polar surface area (TPSA) is 58.4 Å². The number of alkyl halides is 3. The maximum Gasteiger partial charge on any atom is 0.405 e. The number of rotatable bonds is 3. The maximum absolute atomic E-state index is 11.9. The molecule has 1 aromatic heterocycles. The maximum atomic E-state index is 11.9. The van der Waals surface area contributed by atoms with Crippen LogP contribution < -0.4 is 5.32 Å². The Bertz CT molecular complexity index is 409. The summed E-state index contributed by atoms with van der Waals surface area (Å²) in [6.45, 7) is 2.17. The summed E-state index contributed by atoms with van der Waals surface area (Å²) in [5.41, 5.74) is 1.31. The lowest BCUT2D eigenvalue weighted by atomic mass is 10.2. The van der Waals surface area contributed by atoms with Crippen molar-refractivity contribution in [1.82, 2.24) is 15.4 Å². The van der Waals surface area contributed by atoms with Crippen molar-refractivity contribution in [3.63, 3.8) is 0 Å². The van der Waals surface area contributed by atoms with E-state index < -0.39 is 18.8 Å². The predicted octanol–water partition coefficient (Wildman–Crippen LogP) is 2.00. The van der Waals surface area contributed by atoms with Crippen LogP contribution in [0.25, 0.3) is 0 Å². The average molecular weight is 265 g/mol. The highest BCUT2D eigenvalue weighted by Gasteiger charge is 2.28. The molecule has 1 rings (SSSR count). The SMILES string of the molecule is Cc1noc(C)c1CN(C)C(=O)NCC(F)(F)F. The summed E-state index contributed by atoms with van der Waals surface area (Å²) in [5, 5.41) is 5.49. The van der Waals surface area contributed by atoms with E-state index in [1.807, 2.05) is 0 Å². The molecule has 0 aliphatic rings. The zero-order chi connectivity index (χ0) is 13.9. The zero-order valence-corrected chi connectivity index (χ0v) is 10.3. The molecule has 102 valence electrons. The van der Waals surface area contributed by atoms with Crippen LogP contribution in [0.3, 0.4) is 0 Å². The Morgan fingerprint density at radius 2 is 2.06 bits per heavy atom. The van der Waals surface area contributed by atoms with Crippen molar-refractivity contribution in [2.75, 3.05) is 13.6 Å². The number of carbonyl (C=O) groups excluding carboxylic acids is 1. The highest BCUT2D eigenvalue weighted by molar-refractivity contribution is 5.73. The normalized spacial score (nSPS) is 11.4. The Balaban J connectivity index is 2.55. The second-order valence-electron chi connectivity index (χ2n) is 3.93. The molecule has 5 nitrogen and oxygen atoms in total. The van der Waals surface area contributed by atoms with Crippen molar-refractivity contribution < 1.29 is 22.5 Å². The monoisotopic (exact) mass is 265 g/mol. The summed E-state index contributed by atoms with van der Waals surface area (Å²) < 4.78 is 40.7. The van der Waals surface area contributed by atoms with E-state index in [9.17, 15) is 18.0 Å². The number of aryl methyl sites for hydroxylation is 2. The summed E-state index contributed by atoms with van der Waals surface area (Å²) >= 11 is 0. The largest absolute Gasteiger partial charge is 0.405 e. The molecule has 18 heavy (non-hydrogen) atoms. The van der Waals surface area contributed by atoms with Gasteiger partial charge in [-0.25, -0.2) is 4.79 Å². The summed E-state index contributed by atoms with van der Waals surface area (Å²) in [6, 6.07) is -0.799. The standard InChI is InChI=1S/C10H14F3N3O2/c1-6-8(7(2)18-15-6)4-16(3)9(17)14-5-10(11,12)13/h4-5H2,1-3H3,(H,14,17). The van der Waals surface area contributed by atoms with Crippen molar-refractivity contribution in [3.8, 4) is 0 Å². The molecule has 0 saturated carbocycles. The Labute approximate surface area is 102 Å². The van der Waals surface area contributed by atoms with Crippen LogP contribution in [0.15, 0.2) is 4.52 Å². The first kappa shape index (κ1) is 14.3. The highest BCUT2D eigenvalue weighted by Crippen LogP contribution is 2.15. The van der Waals surface area contributed by atoms with Crippen LogP contribution in [-0.2, 0) is 6.54 Å². The number of amides is 2. The summed E-state index contributed by atoms with van der Waals surface area (Å²) in [5.74, 6) is 0.544. The average Bonchev–Trinajstić information content (AvgIpc) is 2.56. The van der Waals surface area contributed by atoms with Gasteiger partial charge in [0.05, 0.1) is 12.2 Å². The molecule has 0 spiro atoms. The van der Waals surface area contributed by atoms with Gasteiger partial charge in [0.15, 0.2) is 0 Å². The van der Waals surface area contributed by atoms with Crippen molar-refractivity contribution in [1.29, 1.82) is 0 Å². The molecule has 0 aromatic carbocycles. The van der Waals surface area contributed by atoms with E-state index in [-0.39, 0.29) is 6.54 Å². The van der Waals surface area contributed by atoms with E-state index in [1.54, 1.807) is 19.2 Å². The van der Waals surface area contributed by atoms with Gasteiger partial charge in [-0.2, -0.15) is 13.2 Å². The van der Waals surface area contributed by atoms with Gasteiger partial charge < -0.3 is 14.7 Å². The van der Waals surface area contributed by atoms with Crippen LogP contribution in [0.5, 0.6) is 0 Å². The van der Waals surface area contributed by atoms with Gasteiger partial charge in [0.1, 0.15) is 12.3 Å². The number of halogens is 3. The Kier molecular flexibility index (Phi) is 4.20. The summed E-state index contributed by atoms with van der Waals surface area (Å²) in [7, 11) is 1.40. The van der Waals surface area contributed by atoms with E-state index in [0.717, 1.165) is 4.90 Å². The Hall–Kier alpha value is -1.73. The number of nitrogens with zero attached hydrogens (tertiary/aromatic N) is 2. The molecule has 8 heteroatoms. The number of aromatic nitrogens is 1. The Morgan fingerprint density at radius 3 is 2.50 bits per heavy atom. The van der Waals surface area contributed by atoms with Crippen molar-refractivity contribution >= 4 is 6.03 Å². The molecular formula is C10H14F3N3O2. The van der Waals surface area contributed by atoms with E-state index >= 15 is 0 Å². The van der Waals surface area contributed by atoms with Gasteiger partial charge in [-0.15, -0.1) is 0 Å². The molecule has 0 unspecified atom stereocenters. The fraction of sp³-hybridized carbons (Fsp3) is 0.600. The summed E-state index contributed by atoms with van der Waals surface area (Å²) in [6.07, 6.45) is -4.42. The van der Waals surface area contributed by atoms with E-state index in [1.165, 1.54) is 7.05 Å². The van der Waals surface area contributed by atoms with Crippen molar-refractivity contribution in [3.05, 3.63) is 17.0 Å². The number of carbonyl (C=O) groups is 1. The lowest BCUT2D eigenvalue weighted by Gasteiger charge is -2.18. The van der Waals surface area contributed by atoms with Crippen LogP contribution in [0.1, 0.15) is 17.0 Å². The van der Waals surface area contributed by atoms with Crippen molar-refractivity contribution in [2.24, 2.45) is 0 Å². The second-order valence-corrected chi connectivity index (χ2v) is 3.93. The van der Waals surface area contributed by atoms with Gasteiger partial charge in [-0.1, -0.05) is 5.16 Å². The van der Waals surface area contributed by atoms with Crippen LogP contribution in [0, 0.1) is 13.8 Å². The molecule has 0 bridgehead atoms. The van der Waals surface area contributed by atoms with Crippen molar-refractivity contribution in [2.45, 2.75) is 26.6 Å². The quantitative estimate of drug-likeness (QED) is 0.909. The number of hydrogen-bond acceptors (Lipinski definition) is 3. The molecule has 0 aliphatic heterocycles. The minimum atomic E-state index is -4.42. The van der Waals surface area contributed by atoms with Crippen LogP contribution in [0.2, 0.25) is 0 Å². The highest BCUT2D eigenvalue weighted by atomic mass is 19.4. The minimum absolute atomic E-state index is 0.144. The third-order valence-electron chi connectivity index (χ3n) is 2.36. The second kappa shape index (κ2) is 5.28. The third kappa shape index (κ3) is 3.94. The molecule has 0 saturated heterocycles. The smallest absolute Gasteiger partial charge is 0.361 e. The molecule has 0 atom stereocenters. The fourth-order valence-electron chi connectivity index (χ4n) is 1.35. The van der Waals surface area contributed by atoms with Gasteiger partial charge >= 0.3 is 12.2 Å².